The van der Waals surface area contributed by atoms with Gasteiger partial charge in [0, 0.05) is 0 Å². The van der Waals surface area contributed by atoms with Crippen molar-refractivity contribution in [2.24, 2.45) is 0 Å². The molecular weight excluding hydrogens is 1060 g/mol. The van der Waals surface area contributed by atoms with E-state index in [9.17, 15) is 0 Å². The van der Waals surface area contributed by atoms with Crippen molar-refractivity contribution in [1.29, 1.82) is 0 Å². The Kier molecular flexibility index (Phi) is 121. The number of phosphoric acid groups is 7. The van der Waals surface area contributed by atoms with Gasteiger partial charge in [-0.05, 0) is 0 Å². The minimum atomic E-state index is -5.39. The van der Waals surface area contributed by atoms with Gasteiger partial charge in [0.2, 0.25) is 0 Å². The zero-order chi connectivity index (χ0) is 31.5. The number of rotatable bonds is 0. The smallest absolute Gasteiger partial charge is 0.822 e. The van der Waals surface area contributed by atoms with E-state index in [1.807, 2.05) is 0 Å². The minimum Gasteiger partial charge on any atom is -0.822 e. The van der Waals surface area contributed by atoms with Crippen molar-refractivity contribution in [3.8, 4) is 0 Å². The summed E-state index contributed by atoms with van der Waals surface area (Å²) in [6.45, 7) is 0. The van der Waals surface area contributed by atoms with Crippen molar-refractivity contribution in [2.45, 2.75) is 0 Å². The molecule has 224 valence electrons. The van der Waals surface area contributed by atoms with Crippen molar-refractivity contribution in [2.75, 3.05) is 0 Å². The van der Waals surface area contributed by atoms with E-state index in [0.717, 1.165) is 0 Å². The Morgan fingerprint density at radius 1 is 0.205 bits per heavy atom. The third-order valence-corrected chi connectivity index (χ3v) is 0. The molecule has 28 nitrogen and oxygen atoms in total. The van der Waals surface area contributed by atoms with Crippen molar-refractivity contribution < 1.29 is 193 Å². The summed E-state index contributed by atoms with van der Waals surface area (Å²) in [5.41, 5.74) is 0. The zero-order valence-electron chi connectivity index (χ0n) is 20.5. The number of hydrogen-bond acceptors (Lipinski definition) is 28. The molecule has 0 aromatic rings. The molecule has 0 rings (SSSR count). The van der Waals surface area contributed by atoms with E-state index in [0.29, 0.717) is 0 Å². The van der Waals surface area contributed by atoms with Gasteiger partial charge in [-0.1, -0.05) is 0 Å². The normalized spacial score (nSPS) is 9.39. The van der Waals surface area contributed by atoms with Crippen molar-refractivity contribution in [1.82, 2.24) is 0 Å². The first-order valence-electron chi connectivity index (χ1n) is 5.11. The Labute approximate surface area is 406 Å². The van der Waals surface area contributed by atoms with Crippen LogP contribution in [0.2, 0.25) is 0 Å². The molecule has 0 aliphatic rings. The SMILES string of the molecule is O=P([O-])([O-])[O-].O=P([O-])([O-])[O-].O=P([O-])([O-])[O-].O=P([O-])([O-])[O-].O=P([O-])([O-])[O-].O=P([O-])([O-])[O-].O=P([O-])([O-])[O-].[Al+3].[Al+3].[Al+3].[Ca+2].[Ca+2].[Ca+2].[Zn+2].[Zn+2].[Zn+2]. The molecule has 0 atom stereocenters. The van der Waals surface area contributed by atoms with Crippen LogP contribution in [0.5, 0.6) is 0 Å². The van der Waals surface area contributed by atoms with Crippen LogP contribution >= 0.6 is 54.8 Å². The second-order valence-corrected chi connectivity index (χ2v) is 9.39. The van der Waals surface area contributed by atoms with Gasteiger partial charge >= 0.3 is 224 Å². The van der Waals surface area contributed by atoms with Gasteiger partial charge in [-0.2, -0.15) is 54.8 Å². The Hall–Kier alpha value is 8.02. The molecule has 0 bridgehead atoms. The zero-order valence-corrected chi connectivity index (χ0v) is 45.8. The van der Waals surface area contributed by atoms with E-state index in [2.05, 4.69) is 0 Å². The fourth-order valence-electron chi connectivity index (χ4n) is 0. The average molecular weight is 1060 g/mol. The molecule has 0 saturated heterocycles. The molecule has 0 amide bonds. The minimum absolute atomic E-state index is 0. The maximum absolute atomic E-state index is 8.55. The second kappa shape index (κ2) is 51.0. The summed E-state index contributed by atoms with van der Waals surface area (Å²) in [4.78, 5) is 180. The van der Waals surface area contributed by atoms with Gasteiger partial charge in [-0.3, -0.25) is 0 Å². The van der Waals surface area contributed by atoms with Crippen LogP contribution in [0, 0.1) is 0 Å². The van der Waals surface area contributed by atoms with Crippen molar-refractivity contribution in [3.05, 3.63) is 0 Å². The van der Waals surface area contributed by atoms with E-state index in [-0.39, 0.29) is 224 Å². The Morgan fingerprint density at radius 3 is 0.205 bits per heavy atom. The molecule has 0 unspecified atom stereocenters. The summed E-state index contributed by atoms with van der Waals surface area (Å²) in [7, 11) is -37.7. The first kappa shape index (κ1) is 104. The molecule has 0 radical (unpaired) electrons. The van der Waals surface area contributed by atoms with Crippen LogP contribution in [-0.4, -0.2) is 165 Å². The first-order valence-corrected chi connectivity index (χ1v) is 15.3. The molecular formula is Al3Ca3O28P7Zn3. The summed E-state index contributed by atoms with van der Waals surface area (Å²) >= 11 is 0. The molecule has 0 aliphatic carbocycles. The molecule has 0 aromatic heterocycles. The number of hydrogen-bond donors (Lipinski definition) is 0. The summed E-state index contributed by atoms with van der Waals surface area (Å²) < 4.78 is 59.8. The summed E-state index contributed by atoms with van der Waals surface area (Å²) in [5, 5.41) is 0. The van der Waals surface area contributed by atoms with E-state index in [1.165, 1.54) is 0 Å². The quantitative estimate of drug-likeness (QED) is 0.161. The Balaban J connectivity index is -0.0000000144. The average Bonchev–Trinajstić information content (AvgIpc) is 2.06. The molecule has 0 fully saturated rings. The van der Waals surface area contributed by atoms with Crippen molar-refractivity contribution >= 4 is 220 Å². The molecule has 44 heteroatoms. The molecule has 0 spiro atoms. The summed E-state index contributed by atoms with van der Waals surface area (Å²) in [5.74, 6) is 0. The predicted molar refractivity (Wildman–Crippen MR) is 87.8 cm³/mol. The van der Waals surface area contributed by atoms with Crippen LogP contribution in [0.1, 0.15) is 0 Å². The van der Waals surface area contributed by atoms with Gasteiger partial charge in [-0.25, -0.2) is 0 Å². The molecule has 0 aromatic carbocycles. The molecule has 0 aliphatic heterocycles. The Bertz CT molecular complexity index is 591. The third kappa shape index (κ3) is 1870. The monoisotopic (exact) mass is 1060 g/mol. The topological polar surface area (TPSA) is 604 Å². The Morgan fingerprint density at radius 2 is 0.205 bits per heavy atom. The van der Waals surface area contributed by atoms with Crippen LogP contribution in [0.4, 0.5) is 0 Å². The fraction of sp³-hybridized carbons (Fsp3) is 0. The second-order valence-electron chi connectivity index (χ2n) is 3.13. The van der Waals surface area contributed by atoms with Crippen LogP contribution in [0.25, 0.3) is 0 Å². The maximum atomic E-state index is 8.55. The van der Waals surface area contributed by atoms with Crippen LogP contribution in [0.3, 0.4) is 0 Å². The third-order valence-electron chi connectivity index (χ3n) is 0. The molecule has 44 heavy (non-hydrogen) atoms. The van der Waals surface area contributed by atoms with Crippen LogP contribution in [0.15, 0.2) is 0 Å². The summed E-state index contributed by atoms with van der Waals surface area (Å²) in [6.07, 6.45) is 0. The van der Waals surface area contributed by atoms with Crippen LogP contribution < -0.4 is 103 Å². The van der Waals surface area contributed by atoms with Crippen molar-refractivity contribution in [3.63, 3.8) is 0 Å². The standard InChI is InChI=1S/3Al.3Ca.7H3O4P.3Zn/c;;;;;;7*1-5(2,3)4;;;/h;;;;;;7*(H3,1,2,3,4);;;/q3*+3;3*+2;;;;;;;;3*+2/p-21. The first-order chi connectivity index (χ1) is 14.0. The van der Waals surface area contributed by atoms with Gasteiger partial charge in [0.25, 0.3) is 0 Å². The van der Waals surface area contributed by atoms with Crippen LogP contribution in [-0.2, 0) is 90.4 Å². The fourth-order valence-corrected chi connectivity index (χ4v) is 0. The predicted octanol–water partition coefficient (Wildman–Crippen LogP) is -22.1. The van der Waals surface area contributed by atoms with E-state index in [4.69, 9.17) is 135 Å². The maximum Gasteiger partial charge on any atom is 3.00 e. The van der Waals surface area contributed by atoms with E-state index >= 15 is 0 Å². The van der Waals surface area contributed by atoms with Gasteiger partial charge in [-0.15, -0.1) is 0 Å². The van der Waals surface area contributed by atoms with E-state index < -0.39 is 54.8 Å². The summed E-state index contributed by atoms with van der Waals surface area (Å²) in [6, 6.07) is 0. The van der Waals surface area contributed by atoms with Gasteiger partial charge in [0.15, 0.2) is 0 Å². The largest absolute Gasteiger partial charge is 3.00 e. The van der Waals surface area contributed by atoms with Gasteiger partial charge in [0.05, 0.1) is 0 Å². The molecule has 0 N–H and O–H groups in total. The molecule has 0 heterocycles. The molecule has 0 saturated carbocycles. The van der Waals surface area contributed by atoms with Gasteiger partial charge in [0.1, 0.15) is 0 Å². The van der Waals surface area contributed by atoms with E-state index in [1.54, 1.807) is 0 Å². The van der Waals surface area contributed by atoms with Gasteiger partial charge < -0.3 is 135 Å².